The van der Waals surface area contributed by atoms with Crippen LogP contribution in [0.4, 0.5) is 4.39 Å². The highest BCUT2D eigenvalue weighted by molar-refractivity contribution is 5.94. The highest BCUT2D eigenvalue weighted by Crippen LogP contribution is 2.16. The molecule has 1 heterocycles. The molecule has 1 atom stereocenters. The molecule has 1 unspecified atom stereocenters. The molecule has 0 radical (unpaired) electrons. The monoisotopic (exact) mass is 401 g/mol. The van der Waals surface area contributed by atoms with Gasteiger partial charge in [0.25, 0.3) is 11.5 Å². The van der Waals surface area contributed by atoms with Crippen molar-refractivity contribution in [3.63, 3.8) is 0 Å². The summed E-state index contributed by atoms with van der Waals surface area (Å²) in [5, 5.41) is 3.44. The molecule has 0 saturated carbocycles. The predicted octanol–water partition coefficient (Wildman–Crippen LogP) is 4.32. The van der Waals surface area contributed by atoms with Crippen molar-refractivity contribution < 1.29 is 9.18 Å². The molecule has 5 nitrogen and oxygen atoms in total. The fourth-order valence-electron chi connectivity index (χ4n) is 3.42. The van der Waals surface area contributed by atoms with Gasteiger partial charge in [-0.05, 0) is 67.9 Å². The third-order valence-electron chi connectivity index (χ3n) is 5.05. The number of halogens is 1. The number of benzene rings is 3. The van der Waals surface area contributed by atoms with Crippen molar-refractivity contribution in [1.29, 1.82) is 0 Å². The standard InChI is InChI=1S/C24H20FN3O2/c1-15(17-7-11-19(25)12-8-17)26-23(29)18-9-13-20(14-10-18)28-16(2)27-22-6-4-3-5-21(22)24(28)30/h3-15H,1-2H3,(H,26,29). The summed E-state index contributed by atoms with van der Waals surface area (Å²) in [4.78, 5) is 30.0. The fourth-order valence-corrected chi connectivity index (χ4v) is 3.42. The lowest BCUT2D eigenvalue weighted by atomic mass is 10.1. The maximum Gasteiger partial charge on any atom is 0.265 e. The molecule has 30 heavy (non-hydrogen) atoms. The molecule has 1 N–H and O–H groups in total. The number of nitrogens with zero attached hydrogens (tertiary/aromatic N) is 2. The molecule has 6 heteroatoms. The minimum Gasteiger partial charge on any atom is -0.346 e. The van der Waals surface area contributed by atoms with Crippen LogP contribution in [0.5, 0.6) is 0 Å². The Labute approximate surface area is 172 Å². The van der Waals surface area contributed by atoms with E-state index in [1.807, 2.05) is 19.1 Å². The maximum absolute atomic E-state index is 13.1. The van der Waals surface area contributed by atoms with Gasteiger partial charge in [0.05, 0.1) is 22.6 Å². The van der Waals surface area contributed by atoms with Crippen molar-refractivity contribution in [1.82, 2.24) is 14.9 Å². The number of aryl methyl sites for hydroxylation is 1. The predicted molar refractivity (Wildman–Crippen MR) is 114 cm³/mol. The van der Waals surface area contributed by atoms with Crippen LogP contribution in [0.15, 0.2) is 77.6 Å². The lowest BCUT2D eigenvalue weighted by Gasteiger charge is -2.15. The molecular weight excluding hydrogens is 381 g/mol. The van der Waals surface area contributed by atoms with Crippen LogP contribution < -0.4 is 10.9 Å². The van der Waals surface area contributed by atoms with Crippen molar-refractivity contribution in [2.45, 2.75) is 19.9 Å². The molecule has 1 amide bonds. The summed E-state index contributed by atoms with van der Waals surface area (Å²) in [5.74, 6) is 0.00138. The molecule has 1 aromatic heterocycles. The first kappa shape index (κ1) is 19.5. The summed E-state index contributed by atoms with van der Waals surface area (Å²) in [6, 6.07) is 19.7. The molecule has 0 fully saturated rings. The third kappa shape index (κ3) is 3.72. The van der Waals surface area contributed by atoms with Gasteiger partial charge in [-0.2, -0.15) is 0 Å². The average molecular weight is 401 g/mol. The highest BCUT2D eigenvalue weighted by atomic mass is 19.1. The Bertz CT molecular complexity index is 1280. The van der Waals surface area contributed by atoms with Crippen LogP contribution in [0.3, 0.4) is 0 Å². The number of rotatable bonds is 4. The molecule has 4 aromatic rings. The van der Waals surface area contributed by atoms with Gasteiger partial charge in [0.2, 0.25) is 0 Å². The molecule has 0 spiro atoms. The van der Waals surface area contributed by atoms with E-state index >= 15 is 0 Å². The number of hydrogen-bond acceptors (Lipinski definition) is 3. The average Bonchev–Trinajstić information content (AvgIpc) is 2.74. The van der Waals surface area contributed by atoms with E-state index < -0.39 is 0 Å². The number of carbonyl (C=O) groups is 1. The lowest BCUT2D eigenvalue weighted by Crippen LogP contribution is -2.27. The number of fused-ring (bicyclic) bond motifs is 1. The highest BCUT2D eigenvalue weighted by Gasteiger charge is 2.13. The molecule has 0 aliphatic rings. The van der Waals surface area contributed by atoms with Crippen LogP contribution in [0.1, 0.15) is 34.7 Å². The van der Waals surface area contributed by atoms with Crippen molar-refractivity contribution in [2.24, 2.45) is 0 Å². The summed E-state index contributed by atoms with van der Waals surface area (Å²) >= 11 is 0. The number of amides is 1. The third-order valence-corrected chi connectivity index (χ3v) is 5.05. The topological polar surface area (TPSA) is 64.0 Å². The Kier molecular flexibility index (Phi) is 5.14. The Morgan fingerprint density at radius 1 is 1.00 bits per heavy atom. The second-order valence-corrected chi connectivity index (χ2v) is 7.11. The quantitative estimate of drug-likeness (QED) is 0.554. The van der Waals surface area contributed by atoms with Gasteiger partial charge >= 0.3 is 0 Å². The van der Waals surface area contributed by atoms with E-state index in [1.165, 1.54) is 16.7 Å². The molecule has 0 saturated heterocycles. The number of nitrogens with one attached hydrogen (secondary N) is 1. The Hall–Kier alpha value is -3.80. The smallest absolute Gasteiger partial charge is 0.265 e. The molecule has 0 aliphatic carbocycles. The minimum atomic E-state index is -0.318. The van der Waals surface area contributed by atoms with Gasteiger partial charge in [-0.25, -0.2) is 9.37 Å². The normalized spacial score (nSPS) is 12.0. The van der Waals surface area contributed by atoms with Gasteiger partial charge in [-0.15, -0.1) is 0 Å². The van der Waals surface area contributed by atoms with Crippen molar-refractivity contribution in [2.75, 3.05) is 0 Å². The van der Waals surface area contributed by atoms with Gasteiger partial charge in [0.1, 0.15) is 11.6 Å². The maximum atomic E-state index is 13.1. The zero-order valence-electron chi connectivity index (χ0n) is 16.6. The molecular formula is C24H20FN3O2. The van der Waals surface area contributed by atoms with E-state index in [-0.39, 0.29) is 23.3 Å². The van der Waals surface area contributed by atoms with E-state index in [0.29, 0.717) is 28.0 Å². The number of aromatic nitrogens is 2. The van der Waals surface area contributed by atoms with E-state index in [0.717, 1.165) is 5.56 Å². The SMILES string of the molecule is Cc1nc2ccccc2c(=O)n1-c1ccc(C(=O)NC(C)c2ccc(F)cc2)cc1. The van der Waals surface area contributed by atoms with Crippen LogP contribution in [0.2, 0.25) is 0 Å². The number of hydrogen-bond donors (Lipinski definition) is 1. The lowest BCUT2D eigenvalue weighted by molar-refractivity contribution is 0.0940. The molecule has 3 aromatic carbocycles. The van der Waals surface area contributed by atoms with Gasteiger partial charge in [-0.1, -0.05) is 24.3 Å². The largest absolute Gasteiger partial charge is 0.346 e. The van der Waals surface area contributed by atoms with E-state index in [2.05, 4.69) is 10.3 Å². The summed E-state index contributed by atoms with van der Waals surface area (Å²) < 4.78 is 14.6. The van der Waals surface area contributed by atoms with Crippen LogP contribution in [0, 0.1) is 12.7 Å². The van der Waals surface area contributed by atoms with Gasteiger partial charge in [-0.3, -0.25) is 14.2 Å². The van der Waals surface area contributed by atoms with Gasteiger partial charge < -0.3 is 5.32 Å². The summed E-state index contributed by atoms with van der Waals surface area (Å²) in [5.41, 5.74) is 2.42. The summed E-state index contributed by atoms with van der Waals surface area (Å²) in [7, 11) is 0. The zero-order chi connectivity index (χ0) is 21.3. The van der Waals surface area contributed by atoms with Crippen molar-refractivity contribution in [3.8, 4) is 5.69 Å². The van der Waals surface area contributed by atoms with E-state index in [1.54, 1.807) is 55.5 Å². The number of para-hydroxylation sites is 1. The molecule has 150 valence electrons. The van der Waals surface area contributed by atoms with Crippen molar-refractivity contribution in [3.05, 3.63) is 106 Å². The van der Waals surface area contributed by atoms with Crippen molar-refractivity contribution >= 4 is 16.8 Å². The second kappa shape index (κ2) is 7.91. The Morgan fingerprint density at radius 3 is 2.37 bits per heavy atom. The second-order valence-electron chi connectivity index (χ2n) is 7.11. The first-order valence-electron chi connectivity index (χ1n) is 9.59. The van der Waals surface area contributed by atoms with Crippen LogP contribution in [0.25, 0.3) is 16.6 Å². The molecule has 0 bridgehead atoms. The van der Waals surface area contributed by atoms with E-state index in [4.69, 9.17) is 0 Å². The van der Waals surface area contributed by atoms with Gasteiger partial charge in [0, 0.05) is 5.56 Å². The minimum absolute atomic E-state index is 0.153. The molecule has 0 aliphatic heterocycles. The summed E-state index contributed by atoms with van der Waals surface area (Å²) in [6.45, 7) is 3.61. The zero-order valence-corrected chi connectivity index (χ0v) is 16.6. The van der Waals surface area contributed by atoms with Gasteiger partial charge in [0.15, 0.2) is 0 Å². The van der Waals surface area contributed by atoms with Crippen LogP contribution in [-0.4, -0.2) is 15.5 Å². The first-order chi connectivity index (χ1) is 14.4. The Morgan fingerprint density at radius 2 is 1.67 bits per heavy atom. The molecule has 4 rings (SSSR count). The Balaban J connectivity index is 1.59. The van der Waals surface area contributed by atoms with Crippen LogP contribution >= 0.6 is 0 Å². The first-order valence-corrected chi connectivity index (χ1v) is 9.59. The van der Waals surface area contributed by atoms with Crippen LogP contribution in [-0.2, 0) is 0 Å². The van der Waals surface area contributed by atoms with E-state index in [9.17, 15) is 14.0 Å². The summed E-state index contributed by atoms with van der Waals surface area (Å²) in [6.07, 6.45) is 0. The fraction of sp³-hybridized carbons (Fsp3) is 0.125. The number of carbonyl (C=O) groups excluding carboxylic acids is 1.